The zero-order chi connectivity index (χ0) is 12.8. The molecule has 0 atom stereocenters. The molecular weight excluding hydrogens is 230 g/mol. The Balaban J connectivity index is 1.75. The highest BCUT2D eigenvalue weighted by atomic mass is 16.5. The summed E-state index contributed by atoms with van der Waals surface area (Å²) < 4.78 is 5.57. The van der Waals surface area contributed by atoms with E-state index in [0.717, 1.165) is 24.6 Å². The maximum absolute atomic E-state index is 11.3. The molecule has 1 fully saturated rings. The zero-order valence-electron chi connectivity index (χ0n) is 10.4. The highest BCUT2D eigenvalue weighted by Gasteiger charge is 2.16. The van der Waals surface area contributed by atoms with E-state index in [9.17, 15) is 4.79 Å². The Labute approximate surface area is 107 Å². The topological polar surface area (TPSA) is 77.2 Å². The number of pyridine rings is 1. The molecule has 0 bridgehead atoms. The predicted octanol–water partition coefficient (Wildman–Crippen LogP) is 1.39. The number of nitrogen functional groups attached to an aromatic ring is 1. The number of nitrogens with zero attached hydrogens (tertiary/aromatic N) is 1. The van der Waals surface area contributed by atoms with Crippen LogP contribution < -0.4 is 11.3 Å². The van der Waals surface area contributed by atoms with Gasteiger partial charge < -0.3 is 4.74 Å². The average Bonchev–Trinajstić information content (AvgIpc) is 2.36. The molecule has 0 saturated heterocycles. The van der Waals surface area contributed by atoms with Gasteiger partial charge in [0.15, 0.2) is 0 Å². The van der Waals surface area contributed by atoms with Crippen LogP contribution in [0.4, 0.5) is 0 Å². The Morgan fingerprint density at radius 1 is 1.50 bits per heavy atom. The monoisotopic (exact) mass is 249 g/mol. The van der Waals surface area contributed by atoms with Gasteiger partial charge in [-0.2, -0.15) is 0 Å². The quantitative estimate of drug-likeness (QED) is 0.346. The normalized spacial score (nSPS) is 15.2. The molecule has 0 radical (unpaired) electrons. The minimum absolute atomic E-state index is 0.317. The minimum atomic E-state index is -0.383. The van der Waals surface area contributed by atoms with E-state index in [0.29, 0.717) is 12.3 Å². The van der Waals surface area contributed by atoms with Crippen molar-refractivity contribution in [3.05, 3.63) is 29.6 Å². The van der Waals surface area contributed by atoms with Gasteiger partial charge in [-0.25, -0.2) is 10.8 Å². The molecule has 1 heterocycles. The lowest BCUT2D eigenvalue weighted by Crippen LogP contribution is -2.30. The molecule has 98 valence electrons. The number of ether oxygens (including phenoxy) is 1. The molecule has 1 aliphatic carbocycles. The lowest BCUT2D eigenvalue weighted by molar-refractivity contribution is 0.0914. The predicted molar refractivity (Wildman–Crippen MR) is 67.5 cm³/mol. The molecule has 0 aromatic carbocycles. The largest absolute Gasteiger partial charge is 0.375 e. The van der Waals surface area contributed by atoms with Crippen molar-refractivity contribution in [1.82, 2.24) is 10.4 Å². The summed E-state index contributed by atoms with van der Waals surface area (Å²) >= 11 is 0. The first-order valence-electron chi connectivity index (χ1n) is 6.34. The van der Waals surface area contributed by atoms with Crippen LogP contribution in [0.5, 0.6) is 0 Å². The molecule has 1 aromatic heterocycles. The van der Waals surface area contributed by atoms with Gasteiger partial charge in [0.25, 0.3) is 5.91 Å². The van der Waals surface area contributed by atoms with Crippen LogP contribution in [0.3, 0.4) is 0 Å². The van der Waals surface area contributed by atoms with Gasteiger partial charge >= 0.3 is 0 Å². The maximum Gasteiger partial charge on any atom is 0.283 e. The van der Waals surface area contributed by atoms with Crippen molar-refractivity contribution >= 4 is 5.91 Å². The van der Waals surface area contributed by atoms with Gasteiger partial charge in [-0.05, 0) is 24.5 Å². The van der Waals surface area contributed by atoms with Crippen molar-refractivity contribution < 1.29 is 9.53 Å². The van der Waals surface area contributed by atoms with Gasteiger partial charge in [-0.1, -0.05) is 25.3 Å². The number of hydrogen-bond acceptors (Lipinski definition) is 4. The lowest BCUT2D eigenvalue weighted by atomic mass is 9.83. The molecule has 3 N–H and O–H groups in total. The standard InChI is InChI=1S/C13H19N3O2/c14-16-13(17)12-6-2-5-11(15-12)9-18-8-7-10-3-1-4-10/h2,5-6,10H,1,3-4,7-9,14H2,(H,16,17). The van der Waals surface area contributed by atoms with Gasteiger partial charge in [0.05, 0.1) is 12.3 Å². The van der Waals surface area contributed by atoms with E-state index >= 15 is 0 Å². The van der Waals surface area contributed by atoms with E-state index in [-0.39, 0.29) is 5.91 Å². The fourth-order valence-corrected chi connectivity index (χ4v) is 1.97. The van der Waals surface area contributed by atoms with Crippen LogP contribution in [0.15, 0.2) is 18.2 Å². The van der Waals surface area contributed by atoms with Crippen LogP contribution in [-0.4, -0.2) is 17.5 Å². The van der Waals surface area contributed by atoms with Gasteiger partial charge in [-0.15, -0.1) is 0 Å². The highest BCUT2D eigenvalue weighted by Crippen LogP contribution is 2.29. The summed E-state index contributed by atoms with van der Waals surface area (Å²) in [6.07, 6.45) is 5.17. The van der Waals surface area contributed by atoms with Crippen molar-refractivity contribution in [2.75, 3.05) is 6.61 Å². The van der Waals surface area contributed by atoms with Crippen molar-refractivity contribution in [1.29, 1.82) is 0 Å². The number of carbonyl (C=O) groups excluding carboxylic acids is 1. The number of hydrogen-bond donors (Lipinski definition) is 2. The van der Waals surface area contributed by atoms with Gasteiger partial charge in [0.1, 0.15) is 5.69 Å². The molecule has 18 heavy (non-hydrogen) atoms. The highest BCUT2D eigenvalue weighted by molar-refractivity contribution is 5.91. The van der Waals surface area contributed by atoms with E-state index in [4.69, 9.17) is 10.6 Å². The average molecular weight is 249 g/mol. The smallest absolute Gasteiger partial charge is 0.283 e. The van der Waals surface area contributed by atoms with Crippen LogP contribution >= 0.6 is 0 Å². The first kappa shape index (κ1) is 13.0. The SMILES string of the molecule is NNC(=O)c1cccc(COCCC2CCC2)n1. The molecule has 1 saturated carbocycles. The Morgan fingerprint density at radius 3 is 3.00 bits per heavy atom. The number of rotatable bonds is 6. The van der Waals surface area contributed by atoms with E-state index in [1.54, 1.807) is 12.1 Å². The number of aromatic nitrogens is 1. The van der Waals surface area contributed by atoms with Crippen molar-refractivity contribution in [2.45, 2.75) is 32.3 Å². The summed E-state index contributed by atoms with van der Waals surface area (Å²) in [6.45, 7) is 1.21. The molecule has 1 aromatic rings. The Bertz CT molecular complexity index is 405. The third kappa shape index (κ3) is 3.51. The maximum atomic E-state index is 11.3. The third-order valence-electron chi connectivity index (χ3n) is 3.32. The van der Waals surface area contributed by atoms with E-state index in [1.807, 2.05) is 6.07 Å². The number of carbonyl (C=O) groups is 1. The number of hydrazine groups is 1. The van der Waals surface area contributed by atoms with Crippen LogP contribution in [0.25, 0.3) is 0 Å². The summed E-state index contributed by atoms with van der Waals surface area (Å²) in [5.74, 6) is 5.53. The molecule has 1 amide bonds. The van der Waals surface area contributed by atoms with Crippen LogP contribution in [-0.2, 0) is 11.3 Å². The summed E-state index contributed by atoms with van der Waals surface area (Å²) in [5.41, 5.74) is 3.14. The zero-order valence-corrected chi connectivity index (χ0v) is 10.4. The summed E-state index contributed by atoms with van der Waals surface area (Å²) in [6, 6.07) is 5.25. The minimum Gasteiger partial charge on any atom is -0.375 e. The van der Waals surface area contributed by atoms with E-state index in [1.165, 1.54) is 19.3 Å². The van der Waals surface area contributed by atoms with E-state index < -0.39 is 0 Å². The molecule has 0 unspecified atom stereocenters. The second kappa shape index (κ2) is 6.47. The van der Waals surface area contributed by atoms with Crippen LogP contribution in [0, 0.1) is 5.92 Å². The fraction of sp³-hybridized carbons (Fsp3) is 0.538. The molecule has 0 spiro atoms. The van der Waals surface area contributed by atoms with Gasteiger partial charge in [0.2, 0.25) is 0 Å². The Hall–Kier alpha value is -1.46. The summed E-state index contributed by atoms with van der Waals surface area (Å²) in [5, 5.41) is 0. The summed E-state index contributed by atoms with van der Waals surface area (Å²) in [4.78, 5) is 15.5. The van der Waals surface area contributed by atoms with Crippen molar-refractivity contribution in [3.8, 4) is 0 Å². The van der Waals surface area contributed by atoms with Crippen LogP contribution in [0.1, 0.15) is 41.9 Å². The van der Waals surface area contributed by atoms with Crippen molar-refractivity contribution in [2.24, 2.45) is 11.8 Å². The number of nitrogens with one attached hydrogen (secondary N) is 1. The number of nitrogens with two attached hydrogens (primary N) is 1. The second-order valence-corrected chi connectivity index (χ2v) is 4.63. The first-order chi connectivity index (χ1) is 8.79. The van der Waals surface area contributed by atoms with E-state index in [2.05, 4.69) is 10.4 Å². The van der Waals surface area contributed by atoms with Gasteiger partial charge in [-0.3, -0.25) is 10.2 Å². The van der Waals surface area contributed by atoms with Gasteiger partial charge in [0, 0.05) is 6.61 Å². The van der Waals surface area contributed by atoms with Crippen molar-refractivity contribution in [3.63, 3.8) is 0 Å². The lowest BCUT2D eigenvalue weighted by Gasteiger charge is -2.24. The Morgan fingerprint density at radius 2 is 2.33 bits per heavy atom. The third-order valence-corrected chi connectivity index (χ3v) is 3.32. The molecule has 1 aliphatic rings. The molecule has 0 aliphatic heterocycles. The fourth-order valence-electron chi connectivity index (χ4n) is 1.97. The Kier molecular flexibility index (Phi) is 4.66. The molecule has 5 heteroatoms. The second-order valence-electron chi connectivity index (χ2n) is 4.63. The molecular formula is C13H19N3O2. The summed E-state index contributed by atoms with van der Waals surface area (Å²) in [7, 11) is 0. The molecule has 5 nitrogen and oxygen atoms in total. The van der Waals surface area contributed by atoms with Crippen LogP contribution in [0.2, 0.25) is 0 Å². The first-order valence-corrected chi connectivity index (χ1v) is 6.34. The number of amides is 1. The molecule has 2 rings (SSSR count).